The van der Waals surface area contributed by atoms with Crippen molar-refractivity contribution in [2.24, 2.45) is 0 Å². The maximum atomic E-state index is 8.70. The van der Waals surface area contributed by atoms with E-state index in [1.165, 1.54) is 0 Å². The van der Waals surface area contributed by atoms with Crippen molar-refractivity contribution in [1.29, 1.82) is 0 Å². The minimum atomic E-state index is -2.87. The number of allylic oxidation sites excluding steroid dienone is 6. The summed E-state index contributed by atoms with van der Waals surface area (Å²) in [7, 11) is 3.82. The van der Waals surface area contributed by atoms with Crippen LogP contribution in [0.3, 0.4) is 0 Å². The molecular weight excluding hydrogens is 361 g/mol. The summed E-state index contributed by atoms with van der Waals surface area (Å²) in [6, 6.07) is 0. The van der Waals surface area contributed by atoms with Crippen LogP contribution in [0.25, 0.3) is 0 Å². The monoisotopic (exact) mass is 369 g/mol. The summed E-state index contributed by atoms with van der Waals surface area (Å²) < 4.78 is 8.70. The lowest BCUT2D eigenvalue weighted by molar-refractivity contribution is 0.405. The topological polar surface area (TPSA) is 57.5 Å². The second-order valence-electron chi connectivity index (χ2n) is 3.07. The predicted octanol–water partition coefficient (Wildman–Crippen LogP) is 6.77. The molecule has 3 heterocycles. The fourth-order valence-corrected chi connectivity index (χ4v) is 31.5. The Morgan fingerprint density at radius 3 is 2.72 bits per heavy atom. The van der Waals surface area contributed by atoms with Gasteiger partial charge in [0.05, 0.1) is 0 Å². The van der Waals surface area contributed by atoms with Crippen molar-refractivity contribution in [3.63, 3.8) is 0 Å². The molecule has 2 atom stereocenters. The summed E-state index contributed by atoms with van der Waals surface area (Å²) in [5.41, 5.74) is 0. The standard InChI is InChI=1S/C8H6P6.HO3P/c1-2-6-13-7(3-1)4-5-8-9-10-11-12-14(8)13;1-4(2)3/h1-6H;(H-,1,2,3)/p+1. The van der Waals surface area contributed by atoms with E-state index in [9.17, 15) is 0 Å². The Morgan fingerprint density at radius 2 is 1.94 bits per heavy atom. The molecule has 0 fully saturated rings. The summed E-state index contributed by atoms with van der Waals surface area (Å²) in [6.45, 7) is 0. The van der Waals surface area contributed by atoms with Crippen LogP contribution in [-0.4, -0.2) is 9.79 Å². The Morgan fingerprint density at radius 1 is 1.17 bits per heavy atom. The molecule has 3 aliphatic heterocycles. The van der Waals surface area contributed by atoms with Gasteiger partial charge in [-0.1, -0.05) is 30.1 Å². The van der Waals surface area contributed by atoms with Crippen molar-refractivity contribution in [3.05, 3.63) is 46.6 Å². The van der Waals surface area contributed by atoms with Gasteiger partial charge in [0.25, 0.3) is 0 Å². The molecule has 0 saturated carbocycles. The first kappa shape index (κ1) is 15.4. The van der Waals surface area contributed by atoms with Crippen LogP contribution in [0.1, 0.15) is 0 Å². The lowest BCUT2D eigenvalue weighted by Gasteiger charge is -2.28. The lowest BCUT2D eigenvalue weighted by Crippen LogP contribution is -1.82. The molecule has 0 aromatic heterocycles. The fraction of sp³-hybridized carbons (Fsp3) is 0. The van der Waals surface area contributed by atoms with E-state index in [0.29, 0.717) is 0 Å². The van der Waals surface area contributed by atoms with Gasteiger partial charge in [0.2, 0.25) is 0 Å². The zero-order valence-electron chi connectivity index (χ0n) is 8.90. The van der Waals surface area contributed by atoms with Crippen molar-refractivity contribution in [2.45, 2.75) is 0 Å². The van der Waals surface area contributed by atoms with E-state index in [-0.39, 0.29) is 14.9 Å². The smallest absolute Gasteiger partial charge is 0.134 e. The molecule has 0 aromatic rings. The Kier molecular flexibility index (Phi) is 6.62. The van der Waals surface area contributed by atoms with Gasteiger partial charge in [-0.25, -0.2) is 0 Å². The molecular formula is C8H8O3P7+. The number of fused-ring (bicyclic) bond motifs is 3. The molecule has 18 heavy (non-hydrogen) atoms. The van der Waals surface area contributed by atoms with E-state index in [0.717, 1.165) is 0 Å². The average molecular weight is 369 g/mol. The molecule has 0 bridgehead atoms. The fourth-order valence-electron chi connectivity index (χ4n) is 1.37. The summed E-state index contributed by atoms with van der Waals surface area (Å²) in [5.74, 6) is 2.46. The Hall–Kier alpha value is 1.04. The van der Waals surface area contributed by atoms with Gasteiger partial charge < -0.3 is 0 Å². The third-order valence-electron chi connectivity index (χ3n) is 1.99. The van der Waals surface area contributed by atoms with Crippen LogP contribution >= 0.6 is 53.7 Å². The molecule has 0 spiro atoms. The van der Waals surface area contributed by atoms with Gasteiger partial charge in [0.1, 0.15) is 0 Å². The third-order valence-corrected chi connectivity index (χ3v) is 24.8. The van der Waals surface area contributed by atoms with E-state index in [2.05, 4.69) is 36.2 Å². The molecule has 0 saturated heterocycles. The SMILES string of the molecule is C1=CC2=CC=C3P=PP=PP3P2C=C1.O=[P+](O)O. The minimum Gasteiger partial charge on any atom is -0.134 e. The summed E-state index contributed by atoms with van der Waals surface area (Å²) in [5, 5.41) is 3.32. The average Bonchev–Trinajstić information content (AvgIpc) is 2.38. The van der Waals surface area contributed by atoms with Crippen LogP contribution in [0, 0.1) is 0 Å². The summed E-state index contributed by atoms with van der Waals surface area (Å²) >= 11 is 0. The Balaban J connectivity index is 0.000000267. The van der Waals surface area contributed by atoms with E-state index >= 15 is 0 Å². The summed E-state index contributed by atoms with van der Waals surface area (Å²) in [6.07, 6.45) is 11.5. The van der Waals surface area contributed by atoms with Crippen LogP contribution in [0.2, 0.25) is 0 Å². The van der Waals surface area contributed by atoms with Crippen LogP contribution in [0.5, 0.6) is 0 Å². The first-order valence-corrected chi connectivity index (χ1v) is 15.7. The first-order valence-electron chi connectivity index (χ1n) is 4.71. The van der Waals surface area contributed by atoms with E-state index in [1.807, 2.05) is 0 Å². The molecule has 2 unspecified atom stereocenters. The van der Waals surface area contributed by atoms with Crippen molar-refractivity contribution in [2.75, 3.05) is 0 Å². The molecule has 0 aromatic carbocycles. The molecule has 0 radical (unpaired) electrons. The highest BCUT2D eigenvalue weighted by Crippen LogP contribution is 2.91. The van der Waals surface area contributed by atoms with Crippen molar-refractivity contribution in [3.8, 4) is 0 Å². The Labute approximate surface area is 115 Å². The molecule has 92 valence electrons. The van der Waals surface area contributed by atoms with Gasteiger partial charge in [-0.15, -0.1) is 9.79 Å². The maximum absolute atomic E-state index is 8.70. The third kappa shape index (κ3) is 4.27. The van der Waals surface area contributed by atoms with Gasteiger partial charge in [-0.05, 0) is 49.5 Å². The van der Waals surface area contributed by atoms with Gasteiger partial charge >= 0.3 is 8.25 Å². The number of hydrogen-bond donors (Lipinski definition) is 2. The zero-order valence-corrected chi connectivity index (χ0v) is 15.2. The maximum Gasteiger partial charge on any atom is 0.692 e. The number of hydrogen-bond acceptors (Lipinski definition) is 1. The van der Waals surface area contributed by atoms with Gasteiger partial charge in [0.15, 0.2) is 0 Å². The highest BCUT2D eigenvalue weighted by atomic mass is 32.6. The largest absolute Gasteiger partial charge is 0.692 e. The number of rotatable bonds is 0. The lowest BCUT2D eigenvalue weighted by atomic mass is 10.4. The van der Waals surface area contributed by atoms with E-state index in [1.54, 1.807) is 40.9 Å². The second-order valence-corrected chi connectivity index (χ2v) is 19.4. The molecule has 2 N–H and O–H groups in total. The molecule has 3 aliphatic rings. The minimum absolute atomic E-state index is 0.0559. The first-order chi connectivity index (χ1) is 8.68. The van der Waals surface area contributed by atoms with Crippen molar-refractivity contribution >= 4 is 53.7 Å². The Bertz CT molecular complexity index is 485. The molecule has 3 nitrogen and oxygen atoms in total. The zero-order chi connectivity index (χ0) is 13.0. The normalized spacial score (nSPS) is 29.9. The van der Waals surface area contributed by atoms with E-state index in [4.69, 9.17) is 14.4 Å². The van der Waals surface area contributed by atoms with Crippen LogP contribution < -0.4 is 0 Å². The predicted molar refractivity (Wildman–Crippen MR) is 88.0 cm³/mol. The molecule has 3 rings (SSSR count). The highest BCUT2D eigenvalue weighted by Gasteiger charge is 2.27. The molecule has 0 aliphatic carbocycles. The quantitative estimate of drug-likeness (QED) is 0.463. The molecule has 0 amide bonds. The molecule has 10 heteroatoms. The second kappa shape index (κ2) is 7.72. The van der Waals surface area contributed by atoms with Gasteiger partial charge in [0, 0.05) is 16.9 Å². The van der Waals surface area contributed by atoms with Gasteiger partial charge in [-0.3, -0.25) is 0 Å². The van der Waals surface area contributed by atoms with Crippen LogP contribution in [0.4, 0.5) is 0 Å². The van der Waals surface area contributed by atoms with Crippen LogP contribution in [-0.2, 0) is 4.57 Å². The van der Waals surface area contributed by atoms with Crippen molar-refractivity contribution < 1.29 is 14.4 Å². The highest BCUT2D eigenvalue weighted by molar-refractivity contribution is 8.70. The van der Waals surface area contributed by atoms with Crippen molar-refractivity contribution in [1.82, 2.24) is 0 Å². The van der Waals surface area contributed by atoms with Crippen LogP contribution in [0.15, 0.2) is 46.6 Å². The van der Waals surface area contributed by atoms with E-state index < -0.39 is 8.25 Å². The van der Waals surface area contributed by atoms with Gasteiger partial charge in [-0.2, -0.15) is 0 Å². The summed E-state index contributed by atoms with van der Waals surface area (Å²) in [4.78, 5) is 14.2.